The lowest BCUT2D eigenvalue weighted by Crippen LogP contribution is -2.36. The van der Waals surface area contributed by atoms with Crippen LogP contribution in [0.15, 0.2) is 61.1 Å². The van der Waals surface area contributed by atoms with Crippen LogP contribution in [-0.2, 0) is 7.05 Å². The van der Waals surface area contributed by atoms with E-state index in [2.05, 4.69) is 52.5 Å². The molecule has 4 aromatic rings. The van der Waals surface area contributed by atoms with Gasteiger partial charge in [0, 0.05) is 43.1 Å². The van der Waals surface area contributed by atoms with Crippen LogP contribution in [0.1, 0.15) is 11.3 Å². The molecule has 0 bridgehead atoms. The first-order chi connectivity index (χ1) is 12.6. The molecular weight excluding hydrogens is 320 g/mol. The number of hydrogen-bond acceptors (Lipinski definition) is 1. The van der Waals surface area contributed by atoms with Gasteiger partial charge < -0.3 is 4.57 Å². The number of aromatic nitrogens is 3. The fourth-order valence-corrected chi connectivity index (χ4v) is 3.49. The van der Waals surface area contributed by atoms with Crippen LogP contribution >= 0.6 is 0 Å². The Kier molecular flexibility index (Phi) is 3.78. The molecule has 0 amide bonds. The highest BCUT2D eigenvalue weighted by molar-refractivity contribution is 5.77. The number of para-hydroxylation sites is 1. The van der Waals surface area contributed by atoms with Crippen LogP contribution in [0, 0.1) is 20.4 Å². The molecule has 0 saturated carbocycles. The van der Waals surface area contributed by atoms with Crippen molar-refractivity contribution in [1.29, 1.82) is 0 Å². The SMILES string of the molecule is [C-]#[N+]c1cc(-c2cncn2C)c(C)c(-[n+]2c(C)ccc3ccccc32)c1. The molecule has 0 radical (unpaired) electrons. The fourth-order valence-electron chi connectivity index (χ4n) is 3.49. The van der Waals surface area contributed by atoms with Crippen LogP contribution in [0.3, 0.4) is 0 Å². The first-order valence-corrected chi connectivity index (χ1v) is 8.49. The van der Waals surface area contributed by atoms with Gasteiger partial charge in [0.15, 0.2) is 11.4 Å². The van der Waals surface area contributed by atoms with Gasteiger partial charge in [-0.15, -0.1) is 0 Å². The van der Waals surface area contributed by atoms with Crippen molar-refractivity contribution in [3.05, 3.63) is 83.7 Å². The van der Waals surface area contributed by atoms with Crippen molar-refractivity contribution in [3.8, 4) is 16.9 Å². The zero-order valence-corrected chi connectivity index (χ0v) is 15.1. The van der Waals surface area contributed by atoms with Crippen LogP contribution in [0.5, 0.6) is 0 Å². The molecule has 0 atom stereocenters. The summed E-state index contributed by atoms with van der Waals surface area (Å²) in [6.07, 6.45) is 3.63. The van der Waals surface area contributed by atoms with Gasteiger partial charge >= 0.3 is 0 Å². The first kappa shape index (κ1) is 16.0. The first-order valence-electron chi connectivity index (χ1n) is 8.49. The number of imidazole rings is 1. The summed E-state index contributed by atoms with van der Waals surface area (Å²) in [4.78, 5) is 7.96. The molecule has 0 aliphatic rings. The monoisotopic (exact) mass is 339 g/mol. The van der Waals surface area contributed by atoms with Crippen molar-refractivity contribution in [1.82, 2.24) is 9.55 Å². The van der Waals surface area contributed by atoms with Crippen LogP contribution < -0.4 is 4.57 Å². The molecule has 0 fully saturated rings. The predicted octanol–water partition coefficient (Wildman–Crippen LogP) is 4.68. The van der Waals surface area contributed by atoms with Crippen molar-refractivity contribution in [2.75, 3.05) is 0 Å². The number of nitrogens with zero attached hydrogens (tertiary/aromatic N) is 4. The lowest BCUT2D eigenvalue weighted by atomic mass is 10.0. The van der Waals surface area contributed by atoms with Gasteiger partial charge in [-0.05, 0) is 30.7 Å². The summed E-state index contributed by atoms with van der Waals surface area (Å²) in [5, 5.41) is 1.17. The molecule has 2 aromatic carbocycles. The molecule has 0 spiro atoms. The molecule has 126 valence electrons. The molecule has 4 heteroatoms. The van der Waals surface area contributed by atoms with Crippen molar-refractivity contribution >= 4 is 16.6 Å². The number of rotatable bonds is 2. The summed E-state index contributed by atoms with van der Waals surface area (Å²) < 4.78 is 4.22. The summed E-state index contributed by atoms with van der Waals surface area (Å²) in [6.45, 7) is 11.8. The van der Waals surface area contributed by atoms with Crippen molar-refractivity contribution < 1.29 is 4.57 Å². The smallest absolute Gasteiger partial charge is 0.218 e. The maximum atomic E-state index is 7.56. The molecule has 0 unspecified atom stereocenters. The number of fused-ring (bicyclic) bond motifs is 1. The summed E-state index contributed by atoms with van der Waals surface area (Å²) in [5.41, 5.74) is 7.09. The minimum absolute atomic E-state index is 0.627. The number of aryl methyl sites for hydroxylation is 2. The normalized spacial score (nSPS) is 10.8. The zero-order valence-electron chi connectivity index (χ0n) is 15.1. The second-order valence-corrected chi connectivity index (χ2v) is 6.51. The van der Waals surface area contributed by atoms with E-state index in [-0.39, 0.29) is 0 Å². The Bertz CT molecular complexity index is 1180. The van der Waals surface area contributed by atoms with E-state index in [1.165, 1.54) is 5.39 Å². The van der Waals surface area contributed by atoms with Gasteiger partial charge in [-0.3, -0.25) is 0 Å². The number of hydrogen-bond donors (Lipinski definition) is 0. The maximum Gasteiger partial charge on any atom is 0.218 e. The Labute approximate surface area is 152 Å². The predicted molar refractivity (Wildman–Crippen MR) is 103 cm³/mol. The molecule has 2 heterocycles. The minimum atomic E-state index is 0.627. The van der Waals surface area contributed by atoms with Gasteiger partial charge in [-0.2, -0.15) is 4.57 Å². The highest BCUT2D eigenvalue weighted by Crippen LogP contribution is 2.31. The van der Waals surface area contributed by atoms with Crippen LogP contribution in [0.25, 0.3) is 32.7 Å². The minimum Gasteiger partial charge on any atom is -0.334 e. The third kappa shape index (κ3) is 2.46. The molecule has 0 saturated heterocycles. The standard InChI is InChI=1S/C22H19N4/c1-15-9-10-17-7-5-6-8-20(17)26(15)21-12-18(23-3)11-19(16(21)2)22-13-24-14-25(22)4/h5-14H,1-2,4H3/q+1. The highest BCUT2D eigenvalue weighted by Gasteiger charge is 2.22. The molecule has 26 heavy (non-hydrogen) atoms. The lowest BCUT2D eigenvalue weighted by Gasteiger charge is -2.12. The van der Waals surface area contributed by atoms with Gasteiger partial charge in [-0.1, -0.05) is 12.1 Å². The molecule has 0 aliphatic carbocycles. The number of pyridine rings is 1. The molecule has 4 nitrogen and oxygen atoms in total. The van der Waals surface area contributed by atoms with E-state index in [0.717, 1.165) is 33.7 Å². The zero-order chi connectivity index (χ0) is 18.3. The maximum absolute atomic E-state index is 7.56. The molecular formula is C22H19N4+. The van der Waals surface area contributed by atoms with E-state index in [4.69, 9.17) is 6.57 Å². The molecule has 4 rings (SSSR count). The summed E-state index contributed by atoms with van der Waals surface area (Å²) in [7, 11) is 1.97. The Balaban J connectivity index is 2.10. The summed E-state index contributed by atoms with van der Waals surface area (Å²) in [5.74, 6) is 0. The van der Waals surface area contributed by atoms with Gasteiger partial charge in [0.2, 0.25) is 11.2 Å². The van der Waals surface area contributed by atoms with E-state index in [9.17, 15) is 0 Å². The van der Waals surface area contributed by atoms with Gasteiger partial charge in [0.25, 0.3) is 0 Å². The topological polar surface area (TPSA) is 26.1 Å². The Morgan fingerprint density at radius 1 is 1.08 bits per heavy atom. The quantitative estimate of drug-likeness (QED) is 0.384. The third-order valence-electron chi connectivity index (χ3n) is 4.86. The highest BCUT2D eigenvalue weighted by atomic mass is 15.0. The second-order valence-electron chi connectivity index (χ2n) is 6.51. The van der Waals surface area contributed by atoms with Crippen LogP contribution in [0.4, 0.5) is 5.69 Å². The van der Waals surface area contributed by atoms with Gasteiger partial charge in [-0.25, -0.2) is 9.83 Å². The molecule has 0 N–H and O–H groups in total. The van der Waals surface area contributed by atoms with Gasteiger partial charge in [0.05, 0.1) is 24.8 Å². The van der Waals surface area contributed by atoms with E-state index in [1.807, 2.05) is 42.1 Å². The van der Waals surface area contributed by atoms with Crippen molar-refractivity contribution in [3.63, 3.8) is 0 Å². The Hall–Kier alpha value is -3.45. The van der Waals surface area contributed by atoms with Gasteiger partial charge in [0.1, 0.15) is 0 Å². The van der Waals surface area contributed by atoms with E-state index in [0.29, 0.717) is 5.69 Å². The van der Waals surface area contributed by atoms with E-state index < -0.39 is 0 Å². The van der Waals surface area contributed by atoms with Crippen LogP contribution in [-0.4, -0.2) is 9.55 Å². The fraction of sp³-hybridized carbons (Fsp3) is 0.136. The van der Waals surface area contributed by atoms with E-state index >= 15 is 0 Å². The Morgan fingerprint density at radius 2 is 1.88 bits per heavy atom. The lowest BCUT2D eigenvalue weighted by molar-refractivity contribution is -0.574. The van der Waals surface area contributed by atoms with Crippen molar-refractivity contribution in [2.24, 2.45) is 7.05 Å². The number of benzene rings is 2. The summed E-state index contributed by atoms with van der Waals surface area (Å²) in [6, 6.07) is 16.5. The molecule has 0 aliphatic heterocycles. The largest absolute Gasteiger partial charge is 0.334 e. The second kappa shape index (κ2) is 6.12. The Morgan fingerprint density at radius 3 is 2.62 bits per heavy atom. The average molecular weight is 339 g/mol. The molecule has 2 aromatic heterocycles. The van der Waals surface area contributed by atoms with E-state index in [1.54, 1.807) is 6.33 Å². The van der Waals surface area contributed by atoms with Crippen LogP contribution in [0.2, 0.25) is 0 Å². The van der Waals surface area contributed by atoms with Crippen molar-refractivity contribution in [2.45, 2.75) is 13.8 Å². The average Bonchev–Trinajstić information content (AvgIpc) is 3.08. The third-order valence-corrected chi connectivity index (χ3v) is 4.86. The summed E-state index contributed by atoms with van der Waals surface area (Å²) >= 11 is 0.